The van der Waals surface area contributed by atoms with Crippen LogP contribution in [0.2, 0.25) is 0 Å². The van der Waals surface area contributed by atoms with E-state index in [1.807, 2.05) is 45.0 Å². The van der Waals surface area contributed by atoms with Crippen LogP contribution in [0.4, 0.5) is 4.79 Å². The lowest BCUT2D eigenvalue weighted by Crippen LogP contribution is -2.58. The third-order valence-corrected chi connectivity index (χ3v) is 5.92. The van der Waals surface area contributed by atoms with Crippen molar-refractivity contribution in [2.24, 2.45) is 0 Å². The zero-order valence-electron chi connectivity index (χ0n) is 18.6. The minimum Gasteiger partial charge on any atom is -0.448 e. The number of nitrogens with zero attached hydrogens (tertiary/aromatic N) is 3. The molecule has 0 aromatic heterocycles. The number of hydrogen-bond acceptors (Lipinski definition) is 4. The second-order valence-corrected chi connectivity index (χ2v) is 9.17. The molecule has 2 aromatic carbocycles. The summed E-state index contributed by atoms with van der Waals surface area (Å²) < 4.78 is 11.9. The summed E-state index contributed by atoms with van der Waals surface area (Å²) in [5.41, 5.74) is 11.2. The summed E-state index contributed by atoms with van der Waals surface area (Å²) in [7, 11) is 0. The SMILES string of the molecule is CC(C)(C)OC1(C(=O)C=[N+]=[N-])CCCN1C(=O)OCC1c2ccccc2-c2ccccc21. The molecule has 1 saturated heterocycles. The van der Waals surface area contributed by atoms with Gasteiger partial charge in [0.1, 0.15) is 6.61 Å². The number of rotatable bonds is 5. The van der Waals surface area contributed by atoms with Crippen LogP contribution in [0.5, 0.6) is 0 Å². The molecule has 1 heterocycles. The Hall–Kier alpha value is -3.28. The molecule has 1 amide bonds. The molecule has 1 aliphatic carbocycles. The van der Waals surface area contributed by atoms with Crippen LogP contribution in [-0.2, 0) is 14.3 Å². The molecule has 7 heteroatoms. The molecule has 0 radical (unpaired) electrons. The Morgan fingerprint density at radius 1 is 1.12 bits per heavy atom. The van der Waals surface area contributed by atoms with Gasteiger partial charge in [0.15, 0.2) is 0 Å². The lowest BCUT2D eigenvalue weighted by atomic mass is 9.98. The molecule has 1 fully saturated rings. The van der Waals surface area contributed by atoms with Gasteiger partial charge in [0.05, 0.1) is 5.60 Å². The summed E-state index contributed by atoms with van der Waals surface area (Å²) in [6.07, 6.45) is 1.05. The maximum atomic E-state index is 13.2. The van der Waals surface area contributed by atoms with E-state index in [0.29, 0.717) is 19.4 Å². The number of Topliss-reactive ketones (excluding diaryl/α,β-unsaturated/α-hetero) is 1. The Balaban J connectivity index is 1.58. The van der Waals surface area contributed by atoms with Crippen LogP contribution >= 0.6 is 0 Å². The van der Waals surface area contributed by atoms with Gasteiger partial charge in [0.2, 0.25) is 5.72 Å². The minimum absolute atomic E-state index is 0.0819. The van der Waals surface area contributed by atoms with Crippen LogP contribution in [-0.4, -0.2) is 52.3 Å². The summed E-state index contributed by atoms with van der Waals surface area (Å²) in [5.74, 6) is -0.664. The first-order valence-corrected chi connectivity index (χ1v) is 10.8. The topological polar surface area (TPSA) is 92.2 Å². The summed E-state index contributed by atoms with van der Waals surface area (Å²) in [5, 5.41) is 0. The maximum Gasteiger partial charge on any atom is 0.412 e. The van der Waals surface area contributed by atoms with Crippen molar-refractivity contribution in [3.8, 4) is 11.1 Å². The molecule has 7 nitrogen and oxygen atoms in total. The number of hydrogen-bond donors (Lipinski definition) is 0. The van der Waals surface area contributed by atoms with Crippen molar-refractivity contribution in [3.63, 3.8) is 0 Å². The normalized spacial score (nSPS) is 19.8. The zero-order valence-corrected chi connectivity index (χ0v) is 18.6. The van der Waals surface area contributed by atoms with E-state index in [1.165, 1.54) is 4.90 Å². The van der Waals surface area contributed by atoms with Gasteiger partial charge in [-0.1, -0.05) is 48.5 Å². The van der Waals surface area contributed by atoms with Crippen molar-refractivity contribution in [1.29, 1.82) is 0 Å². The third-order valence-electron chi connectivity index (χ3n) is 5.92. The number of likely N-dealkylation sites (tertiary alicyclic amines) is 1. The monoisotopic (exact) mass is 433 g/mol. The number of carbonyl (C=O) groups excluding carboxylic acids is 2. The molecule has 1 unspecified atom stereocenters. The Bertz CT molecular complexity index is 1050. The van der Waals surface area contributed by atoms with Crippen molar-refractivity contribution >= 4 is 18.1 Å². The highest BCUT2D eigenvalue weighted by Crippen LogP contribution is 2.45. The first-order chi connectivity index (χ1) is 15.3. The predicted molar refractivity (Wildman–Crippen MR) is 119 cm³/mol. The number of carbonyl (C=O) groups is 2. The summed E-state index contributed by atoms with van der Waals surface area (Å²) >= 11 is 0. The molecule has 2 aliphatic rings. The molecule has 166 valence electrons. The van der Waals surface area contributed by atoms with E-state index in [0.717, 1.165) is 28.5 Å². The van der Waals surface area contributed by atoms with Crippen molar-refractivity contribution in [2.75, 3.05) is 13.2 Å². The van der Waals surface area contributed by atoms with Gasteiger partial charge >= 0.3 is 12.3 Å². The predicted octanol–water partition coefficient (Wildman–Crippen LogP) is 4.41. The average molecular weight is 434 g/mol. The number of ether oxygens (including phenoxy) is 2. The van der Waals surface area contributed by atoms with Crippen molar-refractivity contribution in [2.45, 2.75) is 50.9 Å². The van der Waals surface area contributed by atoms with Gasteiger partial charge in [0, 0.05) is 18.9 Å². The quantitative estimate of drug-likeness (QED) is 0.397. The van der Waals surface area contributed by atoms with E-state index in [4.69, 9.17) is 15.0 Å². The summed E-state index contributed by atoms with van der Waals surface area (Å²) in [6, 6.07) is 16.2. The van der Waals surface area contributed by atoms with Gasteiger partial charge in [0.25, 0.3) is 5.78 Å². The zero-order chi connectivity index (χ0) is 22.9. The van der Waals surface area contributed by atoms with E-state index in [2.05, 4.69) is 29.1 Å². The van der Waals surface area contributed by atoms with Gasteiger partial charge in [-0.15, -0.1) is 0 Å². The Kier molecular flexibility index (Phi) is 5.71. The molecule has 0 spiro atoms. The van der Waals surface area contributed by atoms with E-state index >= 15 is 0 Å². The largest absolute Gasteiger partial charge is 0.448 e. The van der Waals surface area contributed by atoms with Crippen molar-refractivity contribution < 1.29 is 23.9 Å². The van der Waals surface area contributed by atoms with Crippen LogP contribution in [0.15, 0.2) is 48.5 Å². The smallest absolute Gasteiger partial charge is 0.412 e. The Morgan fingerprint density at radius 3 is 2.28 bits per heavy atom. The van der Waals surface area contributed by atoms with Crippen molar-refractivity contribution in [1.82, 2.24) is 4.90 Å². The van der Waals surface area contributed by atoms with Crippen LogP contribution in [0.25, 0.3) is 16.7 Å². The lowest BCUT2D eigenvalue weighted by molar-refractivity contribution is -0.191. The van der Waals surface area contributed by atoms with E-state index in [1.54, 1.807) is 0 Å². The molecule has 0 N–H and O–H groups in total. The number of benzene rings is 2. The minimum atomic E-state index is -1.55. The molecule has 2 aromatic rings. The molecule has 1 atom stereocenters. The highest BCUT2D eigenvalue weighted by atomic mass is 16.6. The first kappa shape index (κ1) is 21.9. The molecule has 0 saturated carbocycles. The molecule has 32 heavy (non-hydrogen) atoms. The van der Waals surface area contributed by atoms with Gasteiger partial charge < -0.3 is 15.0 Å². The van der Waals surface area contributed by atoms with Gasteiger partial charge in [-0.2, -0.15) is 4.79 Å². The molecule has 4 rings (SSSR count). The third kappa shape index (κ3) is 3.85. The summed E-state index contributed by atoms with van der Waals surface area (Å²) in [6.45, 7) is 5.90. The lowest BCUT2D eigenvalue weighted by Gasteiger charge is -2.39. The van der Waals surface area contributed by atoms with Crippen LogP contribution in [0.3, 0.4) is 0 Å². The van der Waals surface area contributed by atoms with Crippen LogP contribution in [0.1, 0.15) is 50.7 Å². The van der Waals surface area contributed by atoms with Gasteiger partial charge in [-0.25, -0.2) is 4.79 Å². The average Bonchev–Trinajstić information content (AvgIpc) is 3.31. The number of ketones is 1. The second-order valence-electron chi connectivity index (χ2n) is 9.17. The second kappa shape index (κ2) is 8.34. The highest BCUT2D eigenvalue weighted by molar-refractivity contribution is 6.29. The summed E-state index contributed by atoms with van der Waals surface area (Å²) in [4.78, 5) is 30.3. The van der Waals surface area contributed by atoms with Gasteiger partial charge in [-0.3, -0.25) is 9.69 Å². The highest BCUT2D eigenvalue weighted by Gasteiger charge is 2.54. The Labute approximate surface area is 187 Å². The van der Waals surface area contributed by atoms with Crippen LogP contribution < -0.4 is 0 Å². The Morgan fingerprint density at radius 2 is 1.72 bits per heavy atom. The molecular formula is C25H27N3O4. The fourth-order valence-corrected chi connectivity index (χ4v) is 4.78. The van der Waals surface area contributed by atoms with Crippen molar-refractivity contribution in [3.05, 3.63) is 65.2 Å². The fraction of sp³-hybridized carbons (Fsp3) is 0.400. The first-order valence-electron chi connectivity index (χ1n) is 10.8. The van der Waals surface area contributed by atoms with E-state index < -0.39 is 23.2 Å². The number of amides is 1. The number of fused-ring (bicyclic) bond motifs is 3. The molecule has 1 aliphatic heterocycles. The maximum absolute atomic E-state index is 13.2. The van der Waals surface area contributed by atoms with Crippen LogP contribution in [0, 0.1) is 0 Å². The van der Waals surface area contributed by atoms with Gasteiger partial charge in [-0.05, 0) is 49.4 Å². The van der Waals surface area contributed by atoms with E-state index in [9.17, 15) is 9.59 Å². The standard InChI is InChI=1S/C25H27N3O4/c1-24(2,3)32-25(22(29)15-27-26)13-8-14-28(25)23(30)31-16-21-19-11-6-4-9-17(19)18-10-5-7-12-20(18)21/h4-7,9-12,15,21H,8,13-14,16H2,1-3H3. The fourth-order valence-electron chi connectivity index (χ4n) is 4.78. The molecular weight excluding hydrogens is 406 g/mol. The van der Waals surface area contributed by atoms with E-state index in [-0.39, 0.29) is 12.5 Å². The molecule has 0 bridgehead atoms.